The van der Waals surface area contributed by atoms with Gasteiger partial charge in [0, 0.05) is 17.7 Å². The van der Waals surface area contributed by atoms with Crippen LogP contribution in [0.25, 0.3) is 11.4 Å². The highest BCUT2D eigenvalue weighted by atomic mass is 19.1. The SMILES string of the molecule is O=C(CCc1cc(F)ccc1F)Nc1ccc(-c2noc(=O)[nH]2)cc1. The zero-order chi connectivity index (χ0) is 17.8. The maximum atomic E-state index is 13.5. The number of aromatic amines is 1. The largest absolute Gasteiger partial charge is 0.439 e. The molecule has 0 fully saturated rings. The maximum Gasteiger partial charge on any atom is 0.439 e. The van der Waals surface area contributed by atoms with Gasteiger partial charge in [-0.25, -0.2) is 13.6 Å². The van der Waals surface area contributed by atoms with Crippen LogP contribution >= 0.6 is 0 Å². The van der Waals surface area contributed by atoms with Gasteiger partial charge in [-0.3, -0.25) is 14.3 Å². The van der Waals surface area contributed by atoms with Gasteiger partial charge in [0.2, 0.25) is 5.91 Å². The van der Waals surface area contributed by atoms with Gasteiger partial charge in [-0.15, -0.1) is 0 Å². The molecule has 1 amide bonds. The van der Waals surface area contributed by atoms with Crippen molar-refractivity contribution in [3.05, 3.63) is 70.2 Å². The molecule has 3 rings (SSSR count). The van der Waals surface area contributed by atoms with Crippen LogP contribution in [0.2, 0.25) is 0 Å². The minimum Gasteiger partial charge on any atom is -0.326 e. The van der Waals surface area contributed by atoms with Crippen LogP contribution < -0.4 is 11.1 Å². The van der Waals surface area contributed by atoms with Crippen molar-refractivity contribution in [3.8, 4) is 11.4 Å². The standard InChI is InChI=1S/C17H13F2N3O3/c18-12-4-7-14(19)11(9-12)3-8-15(23)20-13-5-1-10(2-6-13)16-21-17(24)25-22-16/h1-2,4-7,9H,3,8H2,(H,20,23)(H,21,22,24). The first-order valence-corrected chi connectivity index (χ1v) is 7.41. The highest BCUT2D eigenvalue weighted by molar-refractivity contribution is 5.91. The number of carbonyl (C=O) groups excluding carboxylic acids is 1. The molecule has 8 heteroatoms. The van der Waals surface area contributed by atoms with Crippen LogP contribution in [-0.2, 0) is 11.2 Å². The van der Waals surface area contributed by atoms with E-state index in [-0.39, 0.29) is 30.1 Å². The summed E-state index contributed by atoms with van der Waals surface area (Å²) in [4.78, 5) is 25.3. The van der Waals surface area contributed by atoms with Crippen molar-refractivity contribution in [2.45, 2.75) is 12.8 Å². The molecule has 0 aliphatic heterocycles. The Hall–Kier alpha value is -3.29. The predicted octanol–water partition coefficient (Wildman–Crippen LogP) is 2.88. The third-order valence-electron chi connectivity index (χ3n) is 3.51. The molecule has 1 heterocycles. The normalized spacial score (nSPS) is 10.6. The molecule has 2 aromatic carbocycles. The number of benzene rings is 2. The van der Waals surface area contributed by atoms with Crippen LogP contribution in [0.15, 0.2) is 51.8 Å². The summed E-state index contributed by atoms with van der Waals surface area (Å²) in [5.41, 5.74) is 1.30. The quantitative estimate of drug-likeness (QED) is 0.744. The Kier molecular flexibility index (Phi) is 4.69. The lowest BCUT2D eigenvalue weighted by atomic mass is 10.1. The van der Waals surface area contributed by atoms with Crippen LogP contribution in [0.5, 0.6) is 0 Å². The van der Waals surface area contributed by atoms with Crippen molar-refractivity contribution in [2.75, 3.05) is 5.32 Å². The van der Waals surface area contributed by atoms with E-state index in [1.54, 1.807) is 24.3 Å². The maximum absolute atomic E-state index is 13.5. The molecule has 0 saturated heterocycles. The summed E-state index contributed by atoms with van der Waals surface area (Å²) in [6, 6.07) is 9.70. The third kappa shape index (κ3) is 4.17. The van der Waals surface area contributed by atoms with E-state index in [4.69, 9.17) is 0 Å². The molecular formula is C17H13F2N3O3. The first-order valence-electron chi connectivity index (χ1n) is 7.41. The third-order valence-corrected chi connectivity index (χ3v) is 3.51. The predicted molar refractivity (Wildman–Crippen MR) is 85.9 cm³/mol. The summed E-state index contributed by atoms with van der Waals surface area (Å²) < 4.78 is 31.0. The van der Waals surface area contributed by atoms with E-state index in [1.807, 2.05) is 0 Å². The van der Waals surface area contributed by atoms with Crippen molar-refractivity contribution in [1.29, 1.82) is 0 Å². The Morgan fingerprint density at radius 3 is 2.60 bits per heavy atom. The number of halogens is 2. The van der Waals surface area contributed by atoms with Gasteiger partial charge in [-0.05, 0) is 54.4 Å². The molecule has 0 aliphatic carbocycles. The van der Waals surface area contributed by atoms with Crippen LogP contribution in [0.1, 0.15) is 12.0 Å². The Balaban J connectivity index is 1.59. The zero-order valence-electron chi connectivity index (χ0n) is 12.9. The Morgan fingerprint density at radius 1 is 1.16 bits per heavy atom. The second-order valence-corrected chi connectivity index (χ2v) is 5.30. The topological polar surface area (TPSA) is 88.0 Å². The zero-order valence-corrected chi connectivity index (χ0v) is 12.9. The number of rotatable bonds is 5. The van der Waals surface area contributed by atoms with Gasteiger partial charge in [0.25, 0.3) is 0 Å². The second-order valence-electron chi connectivity index (χ2n) is 5.30. The molecule has 1 aromatic heterocycles. The summed E-state index contributed by atoms with van der Waals surface area (Å²) in [5, 5.41) is 6.22. The van der Waals surface area contributed by atoms with Gasteiger partial charge in [-0.1, -0.05) is 5.16 Å². The number of H-pyrrole nitrogens is 1. The van der Waals surface area contributed by atoms with Crippen molar-refractivity contribution in [3.63, 3.8) is 0 Å². The Morgan fingerprint density at radius 2 is 1.92 bits per heavy atom. The molecule has 3 aromatic rings. The van der Waals surface area contributed by atoms with E-state index < -0.39 is 17.4 Å². The molecule has 0 unspecified atom stereocenters. The summed E-state index contributed by atoms with van der Waals surface area (Å²) in [6.45, 7) is 0. The van der Waals surface area contributed by atoms with E-state index in [0.29, 0.717) is 11.3 Å². The lowest BCUT2D eigenvalue weighted by Crippen LogP contribution is -2.12. The molecule has 2 N–H and O–H groups in total. The van der Waals surface area contributed by atoms with Crippen molar-refractivity contribution in [1.82, 2.24) is 10.1 Å². The number of nitrogens with zero attached hydrogens (tertiary/aromatic N) is 1. The van der Waals surface area contributed by atoms with Gasteiger partial charge >= 0.3 is 5.76 Å². The summed E-state index contributed by atoms with van der Waals surface area (Å²) >= 11 is 0. The second kappa shape index (κ2) is 7.08. The number of carbonyl (C=O) groups is 1. The van der Waals surface area contributed by atoms with Crippen LogP contribution in [-0.4, -0.2) is 16.0 Å². The Labute approximate surface area is 140 Å². The average Bonchev–Trinajstić information content (AvgIpc) is 3.03. The first kappa shape index (κ1) is 16.6. The van der Waals surface area contributed by atoms with Crippen molar-refractivity contribution < 1.29 is 18.1 Å². The van der Waals surface area contributed by atoms with Crippen LogP contribution in [0.3, 0.4) is 0 Å². The fraction of sp³-hybridized carbons (Fsp3) is 0.118. The molecule has 6 nitrogen and oxygen atoms in total. The van der Waals surface area contributed by atoms with E-state index >= 15 is 0 Å². The summed E-state index contributed by atoms with van der Waals surface area (Å²) in [5.74, 6) is -1.79. The fourth-order valence-corrected chi connectivity index (χ4v) is 2.27. The smallest absolute Gasteiger partial charge is 0.326 e. The van der Waals surface area contributed by atoms with Gasteiger partial charge in [-0.2, -0.15) is 0 Å². The minimum absolute atomic E-state index is 0.0126. The molecule has 0 atom stereocenters. The van der Waals surface area contributed by atoms with E-state index in [9.17, 15) is 18.4 Å². The number of amides is 1. The van der Waals surface area contributed by atoms with Crippen molar-refractivity contribution in [2.24, 2.45) is 0 Å². The Bertz CT molecular complexity index is 948. The van der Waals surface area contributed by atoms with E-state index in [1.165, 1.54) is 0 Å². The summed E-state index contributed by atoms with van der Waals surface area (Å²) in [7, 11) is 0. The van der Waals surface area contributed by atoms with Crippen LogP contribution in [0, 0.1) is 11.6 Å². The molecule has 128 valence electrons. The highest BCUT2D eigenvalue weighted by Gasteiger charge is 2.09. The molecule has 0 saturated carbocycles. The molecule has 0 aliphatic rings. The number of aryl methyl sites for hydroxylation is 1. The van der Waals surface area contributed by atoms with Gasteiger partial charge in [0.1, 0.15) is 11.6 Å². The fourth-order valence-electron chi connectivity index (χ4n) is 2.27. The van der Waals surface area contributed by atoms with Crippen molar-refractivity contribution >= 4 is 11.6 Å². The number of nitrogens with one attached hydrogen (secondary N) is 2. The molecule has 0 bridgehead atoms. The minimum atomic E-state index is -0.656. The molecule has 0 radical (unpaired) electrons. The number of hydrogen-bond donors (Lipinski definition) is 2. The number of anilines is 1. The first-order chi connectivity index (χ1) is 12.0. The molecule has 0 spiro atoms. The molecular weight excluding hydrogens is 332 g/mol. The van der Waals surface area contributed by atoms with Gasteiger partial charge in [0.05, 0.1) is 0 Å². The monoisotopic (exact) mass is 345 g/mol. The summed E-state index contributed by atoms with van der Waals surface area (Å²) in [6.07, 6.45) is 0.104. The number of hydrogen-bond acceptors (Lipinski definition) is 4. The number of aromatic nitrogens is 2. The van der Waals surface area contributed by atoms with Gasteiger partial charge in [0.15, 0.2) is 5.82 Å². The van der Waals surface area contributed by atoms with Crippen LogP contribution in [0.4, 0.5) is 14.5 Å². The highest BCUT2D eigenvalue weighted by Crippen LogP contribution is 2.17. The van der Waals surface area contributed by atoms with E-state index in [0.717, 1.165) is 18.2 Å². The lowest BCUT2D eigenvalue weighted by Gasteiger charge is -2.07. The molecule has 25 heavy (non-hydrogen) atoms. The average molecular weight is 345 g/mol. The van der Waals surface area contributed by atoms with Gasteiger partial charge < -0.3 is 5.32 Å². The lowest BCUT2D eigenvalue weighted by molar-refractivity contribution is -0.116. The van der Waals surface area contributed by atoms with E-state index in [2.05, 4.69) is 20.0 Å².